The summed E-state index contributed by atoms with van der Waals surface area (Å²) in [5.74, 6) is 0.552. The fourth-order valence-electron chi connectivity index (χ4n) is 6.39. The normalized spacial score (nSPS) is 22.0. The van der Waals surface area contributed by atoms with E-state index < -0.39 is 11.8 Å². The second-order valence-electron chi connectivity index (χ2n) is 11.3. The van der Waals surface area contributed by atoms with Crippen molar-refractivity contribution in [3.8, 4) is 5.75 Å². The molecule has 2 aromatic heterocycles. The molecule has 1 N–H and O–H groups in total. The van der Waals surface area contributed by atoms with E-state index in [1.165, 1.54) is 12.1 Å². The topological polar surface area (TPSA) is 93.0 Å². The van der Waals surface area contributed by atoms with Gasteiger partial charge in [-0.05, 0) is 67.8 Å². The number of nitrogens with zero attached hydrogens (tertiary/aromatic N) is 5. The summed E-state index contributed by atoms with van der Waals surface area (Å²) in [5, 5.41) is 9.87. The average Bonchev–Trinajstić information content (AvgIpc) is 3.42. The highest BCUT2D eigenvalue weighted by atomic mass is 35.5. The first-order valence-electron chi connectivity index (χ1n) is 14.3. The smallest absolute Gasteiger partial charge is 0.335 e. The fraction of sp³-hybridized carbons (Fsp3) is 0.387. The molecule has 5 heterocycles. The van der Waals surface area contributed by atoms with Gasteiger partial charge in [-0.1, -0.05) is 17.7 Å². The van der Waals surface area contributed by atoms with Crippen LogP contribution < -0.4 is 9.64 Å². The molecule has 0 saturated carbocycles. The van der Waals surface area contributed by atoms with Gasteiger partial charge in [0, 0.05) is 36.8 Å². The van der Waals surface area contributed by atoms with E-state index in [9.17, 15) is 14.3 Å². The minimum absolute atomic E-state index is 0.126. The summed E-state index contributed by atoms with van der Waals surface area (Å²) >= 11 is 5.85. The van der Waals surface area contributed by atoms with Crippen LogP contribution in [0, 0.1) is 5.82 Å². The third-order valence-electron chi connectivity index (χ3n) is 8.50. The van der Waals surface area contributed by atoms with Crippen LogP contribution in [-0.2, 0) is 24.4 Å². The highest BCUT2D eigenvalue weighted by Gasteiger charge is 2.41. The maximum Gasteiger partial charge on any atom is 0.335 e. The Hall–Kier alpha value is -3.73. The van der Waals surface area contributed by atoms with Crippen LogP contribution >= 0.6 is 11.6 Å². The molecule has 0 spiro atoms. The molecule has 2 bridgehead atoms. The van der Waals surface area contributed by atoms with Crippen LogP contribution in [0.5, 0.6) is 5.75 Å². The third kappa shape index (κ3) is 5.30. The molecule has 7 rings (SSSR count). The lowest BCUT2D eigenvalue weighted by atomic mass is 10.1. The summed E-state index contributed by atoms with van der Waals surface area (Å²) in [7, 11) is 0. The van der Waals surface area contributed by atoms with E-state index in [2.05, 4.69) is 14.4 Å². The predicted octanol–water partition coefficient (Wildman–Crippen LogP) is 5.14. The first-order valence-corrected chi connectivity index (χ1v) is 14.7. The summed E-state index contributed by atoms with van der Waals surface area (Å²) in [6, 6.07) is 16.0. The lowest BCUT2D eigenvalue weighted by Crippen LogP contribution is -2.54. The molecule has 0 radical (unpaired) electrons. The third-order valence-corrected chi connectivity index (χ3v) is 8.74. The molecule has 3 fully saturated rings. The van der Waals surface area contributed by atoms with Gasteiger partial charge in [-0.25, -0.2) is 19.2 Å². The molecule has 42 heavy (non-hydrogen) atoms. The minimum atomic E-state index is -0.944. The summed E-state index contributed by atoms with van der Waals surface area (Å²) < 4.78 is 27.7. The summed E-state index contributed by atoms with van der Waals surface area (Å²) in [5.41, 5.74) is 2.63. The van der Waals surface area contributed by atoms with E-state index in [4.69, 9.17) is 31.0 Å². The number of hydrogen-bond donors (Lipinski definition) is 1. The van der Waals surface area contributed by atoms with Crippen molar-refractivity contribution < 1.29 is 23.8 Å². The number of likely N-dealkylation sites (tertiary alicyclic amines) is 1. The molecule has 0 amide bonds. The SMILES string of the molecule is O=C(O)c1ccc2nc(CN3CC4CCC(C3)N4c3cccc(COc4ccc(Cl)cc4F)n3)n(C[C@@H]3CCO3)c2c1. The van der Waals surface area contributed by atoms with Crippen molar-refractivity contribution in [3.63, 3.8) is 0 Å². The molecule has 2 unspecified atom stereocenters. The number of pyridine rings is 1. The van der Waals surface area contributed by atoms with E-state index in [1.807, 2.05) is 18.2 Å². The van der Waals surface area contributed by atoms with Crippen molar-refractivity contribution >= 4 is 34.4 Å². The van der Waals surface area contributed by atoms with Gasteiger partial charge in [0.1, 0.15) is 18.2 Å². The largest absolute Gasteiger partial charge is 0.484 e. The van der Waals surface area contributed by atoms with Gasteiger partial charge in [0.05, 0.1) is 41.5 Å². The molecule has 3 aliphatic rings. The molecule has 3 atom stereocenters. The van der Waals surface area contributed by atoms with Crippen molar-refractivity contribution in [1.82, 2.24) is 19.4 Å². The van der Waals surface area contributed by atoms with Crippen LogP contribution in [0.15, 0.2) is 54.6 Å². The number of carboxylic acid groups (broad SMARTS) is 1. The van der Waals surface area contributed by atoms with Gasteiger partial charge < -0.3 is 24.0 Å². The lowest BCUT2D eigenvalue weighted by Gasteiger charge is -2.42. The zero-order chi connectivity index (χ0) is 28.8. The first-order chi connectivity index (χ1) is 20.4. The number of rotatable bonds is 9. The number of imidazole rings is 1. The summed E-state index contributed by atoms with van der Waals surface area (Å²) in [6.07, 6.45) is 3.27. The van der Waals surface area contributed by atoms with Crippen LogP contribution in [0.2, 0.25) is 5.02 Å². The highest BCUT2D eigenvalue weighted by Crippen LogP contribution is 2.35. The van der Waals surface area contributed by atoms with Crippen LogP contribution in [0.3, 0.4) is 0 Å². The van der Waals surface area contributed by atoms with Crippen LogP contribution in [0.25, 0.3) is 11.0 Å². The Kier molecular flexibility index (Phi) is 7.21. The van der Waals surface area contributed by atoms with Crippen molar-refractivity contribution in [1.29, 1.82) is 0 Å². The lowest BCUT2D eigenvalue weighted by molar-refractivity contribution is -0.0592. The monoisotopic (exact) mass is 591 g/mol. The van der Waals surface area contributed by atoms with Gasteiger partial charge in [-0.2, -0.15) is 0 Å². The van der Waals surface area contributed by atoms with Crippen molar-refractivity contribution in [2.24, 2.45) is 0 Å². The number of piperazine rings is 1. The summed E-state index contributed by atoms with van der Waals surface area (Å²) in [6.45, 7) is 4.01. The Morgan fingerprint density at radius 2 is 1.88 bits per heavy atom. The molecular weight excluding hydrogens is 561 g/mol. The van der Waals surface area contributed by atoms with Gasteiger partial charge in [-0.15, -0.1) is 0 Å². The molecule has 9 nitrogen and oxygen atoms in total. The van der Waals surface area contributed by atoms with Crippen molar-refractivity contribution in [3.05, 3.63) is 82.5 Å². The van der Waals surface area contributed by atoms with E-state index in [0.717, 1.165) is 67.3 Å². The number of halogens is 2. The Morgan fingerprint density at radius 3 is 2.60 bits per heavy atom. The van der Waals surface area contributed by atoms with E-state index in [-0.39, 0.29) is 24.0 Å². The molecule has 218 valence electrons. The number of carboxylic acids is 1. The van der Waals surface area contributed by atoms with E-state index in [0.29, 0.717) is 30.2 Å². The molecule has 0 aliphatic carbocycles. The maximum atomic E-state index is 14.2. The average molecular weight is 592 g/mol. The molecule has 3 aliphatic heterocycles. The Balaban J connectivity index is 1.07. The van der Waals surface area contributed by atoms with Crippen molar-refractivity contribution in [2.45, 2.75) is 57.1 Å². The van der Waals surface area contributed by atoms with Gasteiger partial charge in [-0.3, -0.25) is 4.90 Å². The number of ether oxygens (including phenoxy) is 2. The van der Waals surface area contributed by atoms with Crippen LogP contribution in [-0.4, -0.2) is 68.4 Å². The molecule has 2 aromatic carbocycles. The molecule has 11 heteroatoms. The van der Waals surface area contributed by atoms with Crippen LogP contribution in [0.4, 0.5) is 10.2 Å². The van der Waals surface area contributed by atoms with Gasteiger partial charge >= 0.3 is 5.97 Å². The first kappa shape index (κ1) is 27.1. The Labute approximate surface area is 247 Å². The zero-order valence-electron chi connectivity index (χ0n) is 23.0. The number of hydrogen-bond acceptors (Lipinski definition) is 7. The standard InChI is InChI=1S/C31H31ClFN5O4/c32-20-5-9-28(25(33)13-20)42-18-21-2-1-3-29(34-21)38-22-6-7-23(38)15-36(14-22)17-30-35-26-8-4-19(31(39)40)12-27(26)37(30)16-24-10-11-41-24/h1-5,8-9,12-13,22-24H,6-7,10-11,14-18H2,(H,39,40)/t22?,23?,24-/m0/s1. The zero-order valence-corrected chi connectivity index (χ0v) is 23.7. The van der Waals surface area contributed by atoms with Gasteiger partial charge in [0.15, 0.2) is 11.6 Å². The molecule has 3 saturated heterocycles. The maximum absolute atomic E-state index is 14.2. The quantitative estimate of drug-likeness (QED) is 0.286. The van der Waals surface area contributed by atoms with Gasteiger partial charge in [0.25, 0.3) is 0 Å². The fourth-order valence-corrected chi connectivity index (χ4v) is 6.55. The highest BCUT2D eigenvalue weighted by molar-refractivity contribution is 6.30. The minimum Gasteiger partial charge on any atom is -0.484 e. The summed E-state index contributed by atoms with van der Waals surface area (Å²) in [4.78, 5) is 26.3. The number of aromatic carboxylic acids is 1. The van der Waals surface area contributed by atoms with Gasteiger partial charge in [0.2, 0.25) is 0 Å². The number of benzene rings is 2. The number of anilines is 1. The van der Waals surface area contributed by atoms with Crippen molar-refractivity contribution in [2.75, 3.05) is 24.6 Å². The predicted molar refractivity (Wildman–Crippen MR) is 156 cm³/mol. The number of carbonyl (C=O) groups is 1. The van der Waals surface area contributed by atoms with E-state index >= 15 is 0 Å². The number of aromatic nitrogens is 3. The second-order valence-corrected chi connectivity index (χ2v) is 11.7. The second kappa shape index (κ2) is 11.2. The number of fused-ring (bicyclic) bond motifs is 3. The molecule has 4 aromatic rings. The Morgan fingerprint density at radius 1 is 1.07 bits per heavy atom. The molecular formula is C31H31ClFN5O4. The van der Waals surface area contributed by atoms with E-state index in [1.54, 1.807) is 24.3 Å². The Bertz CT molecular complexity index is 1630. The van der Waals surface area contributed by atoms with Crippen LogP contribution in [0.1, 0.15) is 41.1 Å².